The number of ketones is 1. The Labute approximate surface area is 93.7 Å². The Bertz CT molecular complexity index is 516. The fraction of sp³-hybridized carbons (Fsp3) is 0.167. The molecule has 0 aliphatic carbocycles. The lowest BCUT2D eigenvalue weighted by atomic mass is 10.1. The molecule has 2 aromatic rings. The summed E-state index contributed by atoms with van der Waals surface area (Å²) in [7, 11) is 0. The average Bonchev–Trinajstić information content (AvgIpc) is 2.76. The van der Waals surface area contributed by atoms with E-state index in [2.05, 4.69) is 5.10 Å². The summed E-state index contributed by atoms with van der Waals surface area (Å²) in [5, 5.41) is 4.18. The van der Waals surface area contributed by atoms with Crippen LogP contribution >= 0.6 is 0 Å². The predicted molar refractivity (Wildman–Crippen MR) is 61.5 cm³/mol. The molecule has 0 unspecified atom stereocenters. The summed E-state index contributed by atoms with van der Waals surface area (Å²) in [5.74, 6) is 0.0223. The minimum atomic E-state index is 0.0223. The van der Waals surface area contributed by atoms with Gasteiger partial charge in [-0.1, -0.05) is 12.1 Å². The molecule has 0 saturated heterocycles. The van der Waals surface area contributed by atoms with Crippen LogP contribution in [0.2, 0.25) is 0 Å². The van der Waals surface area contributed by atoms with E-state index in [1.807, 2.05) is 24.3 Å². The molecule has 0 spiro atoms. The number of rotatable bonds is 3. The molecule has 4 heteroatoms. The van der Waals surface area contributed by atoms with Gasteiger partial charge in [0.05, 0.1) is 11.4 Å². The largest absolute Gasteiger partial charge is 0.325 e. The fourth-order valence-electron chi connectivity index (χ4n) is 1.66. The highest BCUT2D eigenvalue weighted by molar-refractivity contribution is 5.97. The lowest BCUT2D eigenvalue weighted by Crippen LogP contribution is -2.10. The van der Waals surface area contributed by atoms with Gasteiger partial charge in [0.1, 0.15) is 0 Å². The molecule has 4 nitrogen and oxygen atoms in total. The van der Waals surface area contributed by atoms with E-state index in [1.54, 1.807) is 23.9 Å². The molecule has 82 valence electrons. The molecular formula is C12H13N3O. The third kappa shape index (κ3) is 1.75. The summed E-state index contributed by atoms with van der Waals surface area (Å²) in [4.78, 5) is 11.5. The van der Waals surface area contributed by atoms with Gasteiger partial charge in [-0.3, -0.25) is 4.79 Å². The third-order valence-corrected chi connectivity index (χ3v) is 2.44. The second-order valence-corrected chi connectivity index (χ2v) is 3.51. The quantitative estimate of drug-likeness (QED) is 0.790. The molecule has 0 atom stereocenters. The van der Waals surface area contributed by atoms with Crippen molar-refractivity contribution in [2.24, 2.45) is 5.73 Å². The Kier molecular flexibility index (Phi) is 2.83. The van der Waals surface area contributed by atoms with Gasteiger partial charge in [-0.05, 0) is 25.1 Å². The second-order valence-electron chi connectivity index (χ2n) is 3.51. The zero-order valence-electron chi connectivity index (χ0n) is 9.05. The number of carbonyl (C=O) groups excluding carboxylic acids is 1. The summed E-state index contributed by atoms with van der Waals surface area (Å²) in [6, 6.07) is 9.22. The van der Waals surface area contributed by atoms with Crippen molar-refractivity contribution in [1.29, 1.82) is 0 Å². The van der Waals surface area contributed by atoms with E-state index in [9.17, 15) is 4.79 Å². The fourth-order valence-corrected chi connectivity index (χ4v) is 1.66. The summed E-state index contributed by atoms with van der Waals surface area (Å²) in [6.07, 6.45) is 1.68. The van der Waals surface area contributed by atoms with Gasteiger partial charge in [-0.25, -0.2) is 4.68 Å². The van der Waals surface area contributed by atoms with E-state index >= 15 is 0 Å². The molecule has 0 fully saturated rings. The Morgan fingerprint density at radius 1 is 1.38 bits per heavy atom. The first-order valence-corrected chi connectivity index (χ1v) is 5.07. The molecule has 0 radical (unpaired) electrons. The molecule has 0 aliphatic heterocycles. The van der Waals surface area contributed by atoms with Crippen LogP contribution in [0.5, 0.6) is 0 Å². The monoisotopic (exact) mass is 215 g/mol. The number of nitrogens with two attached hydrogens (primary N) is 1. The van der Waals surface area contributed by atoms with Gasteiger partial charge in [-0.2, -0.15) is 5.10 Å². The summed E-state index contributed by atoms with van der Waals surface area (Å²) < 4.78 is 1.71. The van der Waals surface area contributed by atoms with Gasteiger partial charge in [0.15, 0.2) is 5.78 Å². The van der Waals surface area contributed by atoms with Crippen LogP contribution in [-0.4, -0.2) is 15.6 Å². The van der Waals surface area contributed by atoms with Gasteiger partial charge >= 0.3 is 0 Å². The van der Waals surface area contributed by atoms with Crippen LogP contribution in [0, 0.1) is 0 Å². The van der Waals surface area contributed by atoms with Gasteiger partial charge in [-0.15, -0.1) is 0 Å². The van der Waals surface area contributed by atoms with Crippen molar-refractivity contribution in [1.82, 2.24) is 9.78 Å². The van der Waals surface area contributed by atoms with Crippen LogP contribution in [0.1, 0.15) is 23.0 Å². The molecule has 1 aromatic carbocycles. The molecule has 16 heavy (non-hydrogen) atoms. The van der Waals surface area contributed by atoms with E-state index in [0.29, 0.717) is 12.1 Å². The van der Waals surface area contributed by atoms with Gasteiger partial charge < -0.3 is 5.73 Å². The van der Waals surface area contributed by atoms with Crippen LogP contribution in [0.3, 0.4) is 0 Å². The second kappa shape index (κ2) is 4.28. The van der Waals surface area contributed by atoms with Crippen LogP contribution < -0.4 is 5.73 Å². The van der Waals surface area contributed by atoms with Crippen molar-refractivity contribution in [3.8, 4) is 5.69 Å². The third-order valence-electron chi connectivity index (χ3n) is 2.44. The zero-order chi connectivity index (χ0) is 11.5. The highest BCUT2D eigenvalue weighted by atomic mass is 16.1. The maximum atomic E-state index is 11.5. The molecule has 0 saturated carbocycles. The first kappa shape index (κ1) is 10.6. The Morgan fingerprint density at radius 3 is 2.81 bits per heavy atom. The van der Waals surface area contributed by atoms with Crippen LogP contribution in [-0.2, 0) is 6.54 Å². The number of carbonyl (C=O) groups is 1. The Hall–Kier alpha value is -1.94. The van der Waals surface area contributed by atoms with Gasteiger partial charge in [0, 0.05) is 18.3 Å². The average molecular weight is 215 g/mol. The molecular weight excluding hydrogens is 202 g/mol. The van der Waals surface area contributed by atoms with Crippen molar-refractivity contribution in [3.05, 3.63) is 47.8 Å². The number of Topliss-reactive ketones (excluding diaryl/α,β-unsaturated/α-hetero) is 1. The summed E-state index contributed by atoms with van der Waals surface area (Å²) >= 11 is 0. The number of benzene rings is 1. The number of nitrogens with zero attached hydrogens (tertiary/aromatic N) is 2. The molecule has 1 heterocycles. The van der Waals surface area contributed by atoms with Crippen molar-refractivity contribution < 1.29 is 4.79 Å². The molecule has 2 N–H and O–H groups in total. The topological polar surface area (TPSA) is 60.9 Å². The minimum Gasteiger partial charge on any atom is -0.325 e. The smallest absolute Gasteiger partial charge is 0.161 e. The number of aromatic nitrogens is 2. The van der Waals surface area contributed by atoms with Crippen molar-refractivity contribution in [3.63, 3.8) is 0 Å². The maximum Gasteiger partial charge on any atom is 0.161 e. The first-order valence-electron chi connectivity index (χ1n) is 5.07. The zero-order valence-corrected chi connectivity index (χ0v) is 9.05. The van der Waals surface area contributed by atoms with Crippen LogP contribution in [0.4, 0.5) is 0 Å². The van der Waals surface area contributed by atoms with E-state index in [4.69, 9.17) is 5.73 Å². The number of hydrogen-bond acceptors (Lipinski definition) is 3. The van der Waals surface area contributed by atoms with E-state index in [0.717, 1.165) is 11.4 Å². The molecule has 0 aliphatic rings. The maximum absolute atomic E-state index is 11.5. The highest BCUT2D eigenvalue weighted by Crippen LogP contribution is 2.16. The van der Waals surface area contributed by atoms with Crippen molar-refractivity contribution >= 4 is 5.78 Å². The molecule has 2 rings (SSSR count). The SMILES string of the molecule is CC(=O)c1ccccc1-n1nccc1CN. The number of para-hydroxylation sites is 1. The predicted octanol–water partition coefficient (Wildman–Crippen LogP) is 1.53. The standard InChI is InChI=1S/C12H13N3O/c1-9(16)11-4-2-3-5-12(11)15-10(8-13)6-7-14-15/h2-7H,8,13H2,1H3. The van der Waals surface area contributed by atoms with Crippen LogP contribution in [0.15, 0.2) is 36.5 Å². The minimum absolute atomic E-state index is 0.0223. The van der Waals surface area contributed by atoms with Gasteiger partial charge in [0.25, 0.3) is 0 Å². The summed E-state index contributed by atoms with van der Waals surface area (Å²) in [6.45, 7) is 1.94. The Balaban J connectivity index is 2.60. The van der Waals surface area contributed by atoms with Crippen molar-refractivity contribution in [2.45, 2.75) is 13.5 Å². The molecule has 0 amide bonds. The first-order chi connectivity index (χ1) is 7.74. The molecule has 1 aromatic heterocycles. The van der Waals surface area contributed by atoms with Crippen LogP contribution in [0.25, 0.3) is 5.69 Å². The van der Waals surface area contributed by atoms with E-state index < -0.39 is 0 Å². The van der Waals surface area contributed by atoms with E-state index in [-0.39, 0.29) is 5.78 Å². The summed E-state index contributed by atoms with van der Waals surface area (Å²) in [5.41, 5.74) is 7.93. The lowest BCUT2D eigenvalue weighted by Gasteiger charge is -2.09. The Morgan fingerprint density at radius 2 is 2.12 bits per heavy atom. The number of hydrogen-bond donors (Lipinski definition) is 1. The lowest BCUT2D eigenvalue weighted by molar-refractivity contribution is 0.101. The van der Waals surface area contributed by atoms with Gasteiger partial charge in [0.2, 0.25) is 0 Å². The molecule has 0 bridgehead atoms. The van der Waals surface area contributed by atoms with E-state index in [1.165, 1.54) is 0 Å². The highest BCUT2D eigenvalue weighted by Gasteiger charge is 2.10. The normalized spacial score (nSPS) is 10.4. The van der Waals surface area contributed by atoms with Crippen molar-refractivity contribution in [2.75, 3.05) is 0 Å².